The minimum Gasteiger partial charge on any atom is -0.328 e. The molecule has 3 nitrogen and oxygen atoms in total. The van der Waals surface area contributed by atoms with E-state index in [9.17, 15) is 9.18 Å². The van der Waals surface area contributed by atoms with Gasteiger partial charge in [-0.3, -0.25) is 9.69 Å². The number of nitrogens with one attached hydrogen (secondary N) is 1. The number of carbonyl (C=O) groups is 1. The van der Waals surface area contributed by atoms with Crippen LogP contribution in [0.3, 0.4) is 0 Å². The van der Waals surface area contributed by atoms with Gasteiger partial charge in [0.2, 0.25) is 0 Å². The normalized spacial score (nSPS) is 16.9. The van der Waals surface area contributed by atoms with Gasteiger partial charge in [-0.25, -0.2) is 4.39 Å². The lowest BCUT2D eigenvalue weighted by atomic mass is 10.2. The SMILES string of the molecule is CCCCN1C(=O)/C(=C/c2ccc(Br)cc2F)NC1=S. The van der Waals surface area contributed by atoms with Crippen LogP contribution in [0.1, 0.15) is 25.3 Å². The van der Waals surface area contributed by atoms with E-state index in [4.69, 9.17) is 12.2 Å². The second-order valence-corrected chi connectivity index (χ2v) is 5.77. The molecule has 0 aromatic heterocycles. The molecule has 1 amide bonds. The van der Waals surface area contributed by atoms with Crippen molar-refractivity contribution in [3.05, 3.63) is 39.7 Å². The van der Waals surface area contributed by atoms with Crippen LogP contribution in [0, 0.1) is 5.82 Å². The topological polar surface area (TPSA) is 32.3 Å². The monoisotopic (exact) mass is 356 g/mol. The number of rotatable bonds is 4. The van der Waals surface area contributed by atoms with Crippen LogP contribution in [0.25, 0.3) is 6.08 Å². The fourth-order valence-corrected chi connectivity index (χ4v) is 2.48. The molecule has 1 aliphatic rings. The van der Waals surface area contributed by atoms with E-state index in [1.54, 1.807) is 12.1 Å². The lowest BCUT2D eigenvalue weighted by molar-refractivity contribution is -0.122. The van der Waals surface area contributed by atoms with E-state index >= 15 is 0 Å². The molecule has 1 fully saturated rings. The van der Waals surface area contributed by atoms with Gasteiger partial charge in [0.25, 0.3) is 5.91 Å². The second-order valence-electron chi connectivity index (χ2n) is 4.46. The van der Waals surface area contributed by atoms with Crippen LogP contribution >= 0.6 is 28.1 Å². The van der Waals surface area contributed by atoms with Gasteiger partial charge in [0, 0.05) is 16.6 Å². The molecule has 1 saturated heterocycles. The van der Waals surface area contributed by atoms with Crippen LogP contribution in [0.5, 0.6) is 0 Å². The molecule has 1 aliphatic heterocycles. The molecule has 1 heterocycles. The zero-order chi connectivity index (χ0) is 14.7. The highest BCUT2D eigenvalue weighted by atomic mass is 79.9. The summed E-state index contributed by atoms with van der Waals surface area (Å²) in [4.78, 5) is 13.7. The third-order valence-corrected chi connectivity index (χ3v) is 3.78. The summed E-state index contributed by atoms with van der Waals surface area (Å²) in [6, 6.07) is 4.69. The van der Waals surface area contributed by atoms with Gasteiger partial charge in [0.15, 0.2) is 5.11 Å². The zero-order valence-electron chi connectivity index (χ0n) is 11.0. The molecule has 0 aliphatic carbocycles. The first kappa shape index (κ1) is 15.1. The van der Waals surface area contributed by atoms with Gasteiger partial charge < -0.3 is 5.32 Å². The van der Waals surface area contributed by atoms with Crippen molar-refractivity contribution in [3.8, 4) is 0 Å². The molecule has 1 aromatic carbocycles. The smallest absolute Gasteiger partial charge is 0.276 e. The van der Waals surface area contributed by atoms with Gasteiger partial charge in [0.05, 0.1) is 0 Å². The van der Waals surface area contributed by atoms with Gasteiger partial charge in [-0.05, 0) is 36.8 Å². The van der Waals surface area contributed by atoms with E-state index < -0.39 is 0 Å². The summed E-state index contributed by atoms with van der Waals surface area (Å²) < 4.78 is 14.4. The van der Waals surface area contributed by atoms with E-state index in [-0.39, 0.29) is 11.7 Å². The van der Waals surface area contributed by atoms with Crippen LogP contribution in [0.15, 0.2) is 28.4 Å². The molecule has 1 N–H and O–H groups in total. The Hall–Kier alpha value is -1.27. The van der Waals surface area contributed by atoms with E-state index in [2.05, 4.69) is 21.2 Å². The molecule has 106 valence electrons. The van der Waals surface area contributed by atoms with Gasteiger partial charge in [-0.1, -0.05) is 35.3 Å². The molecule has 0 saturated carbocycles. The fourth-order valence-electron chi connectivity index (χ4n) is 1.86. The molecule has 0 bridgehead atoms. The number of hydrogen-bond donors (Lipinski definition) is 1. The predicted octanol–water partition coefficient (Wildman–Crippen LogP) is 3.45. The molecule has 0 unspecified atom stereocenters. The number of hydrogen-bond acceptors (Lipinski definition) is 2. The maximum absolute atomic E-state index is 13.8. The average molecular weight is 357 g/mol. The van der Waals surface area contributed by atoms with Crippen molar-refractivity contribution in [2.45, 2.75) is 19.8 Å². The Morgan fingerprint density at radius 3 is 2.90 bits per heavy atom. The molecule has 1 aromatic rings. The molecular weight excluding hydrogens is 343 g/mol. The molecule has 0 radical (unpaired) electrons. The summed E-state index contributed by atoms with van der Waals surface area (Å²) in [6.45, 7) is 2.63. The number of amides is 1. The van der Waals surface area contributed by atoms with Crippen molar-refractivity contribution in [1.29, 1.82) is 0 Å². The zero-order valence-corrected chi connectivity index (χ0v) is 13.4. The highest BCUT2D eigenvalue weighted by molar-refractivity contribution is 9.10. The quantitative estimate of drug-likeness (QED) is 0.662. The van der Waals surface area contributed by atoms with E-state index in [1.807, 2.05) is 6.92 Å². The highest BCUT2D eigenvalue weighted by Crippen LogP contribution is 2.20. The summed E-state index contributed by atoms with van der Waals surface area (Å²) in [5, 5.41) is 3.23. The summed E-state index contributed by atoms with van der Waals surface area (Å²) in [5.74, 6) is -0.592. The number of nitrogens with zero attached hydrogens (tertiary/aromatic N) is 1. The molecule has 2 rings (SSSR count). The number of benzene rings is 1. The van der Waals surface area contributed by atoms with Crippen LogP contribution in [0.4, 0.5) is 4.39 Å². The average Bonchev–Trinajstić information content (AvgIpc) is 2.66. The predicted molar refractivity (Wildman–Crippen MR) is 84.4 cm³/mol. The van der Waals surface area contributed by atoms with Crippen LogP contribution in [-0.4, -0.2) is 22.5 Å². The maximum atomic E-state index is 13.8. The number of carbonyl (C=O) groups excluding carboxylic acids is 1. The molecule has 0 spiro atoms. The van der Waals surface area contributed by atoms with Crippen LogP contribution in [0.2, 0.25) is 0 Å². The second kappa shape index (κ2) is 6.45. The first-order valence-corrected chi connectivity index (χ1v) is 7.52. The molecule has 0 atom stereocenters. The van der Waals surface area contributed by atoms with Crippen molar-refractivity contribution in [3.63, 3.8) is 0 Å². The Labute approximate surface area is 131 Å². The van der Waals surface area contributed by atoms with Gasteiger partial charge >= 0.3 is 0 Å². The lowest BCUT2D eigenvalue weighted by Crippen LogP contribution is -2.31. The van der Waals surface area contributed by atoms with Crippen molar-refractivity contribution in [1.82, 2.24) is 10.2 Å². The first-order chi connectivity index (χ1) is 9.52. The van der Waals surface area contributed by atoms with E-state index in [1.165, 1.54) is 17.0 Å². The minimum atomic E-state index is -0.389. The molecule has 20 heavy (non-hydrogen) atoms. The minimum absolute atomic E-state index is 0.203. The molecule has 6 heteroatoms. The van der Waals surface area contributed by atoms with Crippen molar-refractivity contribution in [2.75, 3.05) is 6.54 Å². The summed E-state index contributed by atoms with van der Waals surface area (Å²) in [7, 11) is 0. The Balaban J connectivity index is 2.23. The van der Waals surface area contributed by atoms with Gasteiger partial charge in [-0.15, -0.1) is 0 Å². The van der Waals surface area contributed by atoms with Crippen LogP contribution < -0.4 is 5.32 Å². The van der Waals surface area contributed by atoms with Crippen molar-refractivity contribution >= 4 is 45.2 Å². The number of thiocarbonyl (C=S) groups is 1. The van der Waals surface area contributed by atoms with E-state index in [0.717, 1.165) is 12.8 Å². The van der Waals surface area contributed by atoms with Crippen molar-refractivity contribution in [2.24, 2.45) is 0 Å². The first-order valence-electron chi connectivity index (χ1n) is 6.32. The van der Waals surface area contributed by atoms with Gasteiger partial charge in [0.1, 0.15) is 11.5 Å². The summed E-state index contributed by atoms with van der Waals surface area (Å²) >= 11 is 8.33. The summed E-state index contributed by atoms with van der Waals surface area (Å²) in [6.07, 6.45) is 3.35. The van der Waals surface area contributed by atoms with Crippen molar-refractivity contribution < 1.29 is 9.18 Å². The largest absolute Gasteiger partial charge is 0.328 e. The standard InChI is InChI=1S/C14H14BrFN2OS/c1-2-3-6-18-13(19)12(17-14(18)20)7-9-4-5-10(15)8-11(9)16/h4-5,7-8H,2-3,6H2,1H3,(H,17,20)/b12-7-. The Morgan fingerprint density at radius 1 is 1.50 bits per heavy atom. The third kappa shape index (κ3) is 3.24. The third-order valence-electron chi connectivity index (χ3n) is 2.96. The van der Waals surface area contributed by atoms with Crippen LogP contribution in [-0.2, 0) is 4.79 Å². The molecular formula is C14H14BrFN2OS. The van der Waals surface area contributed by atoms with E-state index in [0.29, 0.717) is 27.4 Å². The lowest BCUT2D eigenvalue weighted by Gasteiger charge is -2.12. The number of unbranched alkanes of at least 4 members (excludes halogenated alkanes) is 1. The fraction of sp³-hybridized carbons (Fsp3) is 0.286. The Bertz CT molecular complexity index is 589. The Kier molecular flexibility index (Phi) is 4.88. The number of halogens is 2. The highest BCUT2D eigenvalue weighted by Gasteiger charge is 2.30. The van der Waals surface area contributed by atoms with Gasteiger partial charge in [-0.2, -0.15) is 0 Å². The maximum Gasteiger partial charge on any atom is 0.276 e. The Morgan fingerprint density at radius 2 is 2.25 bits per heavy atom. The summed E-state index contributed by atoms with van der Waals surface area (Å²) in [5.41, 5.74) is 0.663.